The smallest absolute Gasteiger partial charge is 0.248 e. The normalized spacial score (nSPS) is 11.3. The van der Waals surface area contributed by atoms with E-state index in [1.807, 2.05) is 0 Å². The summed E-state index contributed by atoms with van der Waals surface area (Å²) in [5, 5.41) is 0.107. The van der Waals surface area contributed by atoms with E-state index in [1.54, 1.807) is 12.1 Å². The number of anilines is 1. The number of nitrogens with two attached hydrogens (primary N) is 2. The number of nitrogen functional groups attached to an aromatic ring is 1. The van der Waals surface area contributed by atoms with Crippen molar-refractivity contribution in [1.29, 1.82) is 0 Å². The SMILES string of the molecule is NC(=O)c1cccc(CS(=O)(=O)c2cc(N)ccc2Cl)c1. The van der Waals surface area contributed by atoms with Crippen LogP contribution in [0.15, 0.2) is 47.4 Å². The van der Waals surface area contributed by atoms with Gasteiger partial charge in [-0.1, -0.05) is 23.7 Å². The van der Waals surface area contributed by atoms with Crippen LogP contribution in [0.25, 0.3) is 0 Å². The molecule has 0 spiro atoms. The van der Waals surface area contributed by atoms with Crippen LogP contribution in [0.5, 0.6) is 0 Å². The van der Waals surface area contributed by atoms with Crippen molar-refractivity contribution in [2.75, 3.05) is 5.73 Å². The molecule has 0 saturated heterocycles. The average Bonchev–Trinajstić information content (AvgIpc) is 2.41. The number of amides is 1. The summed E-state index contributed by atoms with van der Waals surface area (Å²) >= 11 is 5.92. The van der Waals surface area contributed by atoms with Crippen LogP contribution in [0.2, 0.25) is 5.02 Å². The number of sulfone groups is 1. The molecule has 0 bridgehead atoms. The molecule has 0 atom stereocenters. The third-order valence-electron chi connectivity index (χ3n) is 2.86. The minimum absolute atomic E-state index is 0.0337. The Morgan fingerprint density at radius 2 is 1.86 bits per heavy atom. The third-order valence-corrected chi connectivity index (χ3v) is 5.02. The van der Waals surface area contributed by atoms with Crippen molar-refractivity contribution in [2.45, 2.75) is 10.6 Å². The third kappa shape index (κ3) is 3.53. The molecule has 2 aromatic rings. The van der Waals surface area contributed by atoms with E-state index in [4.69, 9.17) is 23.1 Å². The second-order valence-electron chi connectivity index (χ2n) is 4.51. The highest BCUT2D eigenvalue weighted by Gasteiger charge is 2.19. The van der Waals surface area contributed by atoms with Crippen LogP contribution >= 0.6 is 11.6 Å². The molecule has 0 aliphatic rings. The first-order valence-corrected chi connectivity index (χ1v) is 7.99. The first-order chi connectivity index (χ1) is 9.79. The molecule has 0 aliphatic heterocycles. The van der Waals surface area contributed by atoms with Gasteiger partial charge in [-0.05, 0) is 35.9 Å². The van der Waals surface area contributed by atoms with E-state index in [-0.39, 0.29) is 21.2 Å². The molecular weight excluding hydrogens is 312 g/mol. The molecule has 110 valence electrons. The fourth-order valence-electron chi connectivity index (χ4n) is 1.87. The lowest BCUT2D eigenvalue weighted by molar-refractivity contribution is 0.1000. The monoisotopic (exact) mass is 324 g/mol. The van der Waals surface area contributed by atoms with Crippen LogP contribution in [0.4, 0.5) is 5.69 Å². The van der Waals surface area contributed by atoms with Crippen LogP contribution in [0, 0.1) is 0 Å². The molecule has 7 heteroatoms. The first-order valence-electron chi connectivity index (χ1n) is 5.96. The van der Waals surface area contributed by atoms with Crippen LogP contribution in [-0.2, 0) is 15.6 Å². The van der Waals surface area contributed by atoms with Crippen molar-refractivity contribution in [3.63, 3.8) is 0 Å². The van der Waals surface area contributed by atoms with Crippen LogP contribution in [-0.4, -0.2) is 14.3 Å². The number of halogens is 1. The molecule has 21 heavy (non-hydrogen) atoms. The van der Waals surface area contributed by atoms with Gasteiger partial charge in [-0.2, -0.15) is 0 Å². The Bertz CT molecular complexity index is 804. The minimum Gasteiger partial charge on any atom is -0.399 e. The summed E-state index contributed by atoms with van der Waals surface area (Å²) in [4.78, 5) is 11.1. The number of carbonyl (C=O) groups is 1. The largest absolute Gasteiger partial charge is 0.399 e. The van der Waals surface area contributed by atoms with E-state index in [1.165, 1.54) is 30.3 Å². The summed E-state index contributed by atoms with van der Waals surface area (Å²) < 4.78 is 24.8. The molecule has 0 heterocycles. The minimum atomic E-state index is -3.67. The van der Waals surface area contributed by atoms with Gasteiger partial charge in [0.05, 0.1) is 15.7 Å². The molecular formula is C14H13ClN2O3S. The van der Waals surface area contributed by atoms with Crippen molar-refractivity contribution in [2.24, 2.45) is 5.73 Å². The Labute approximate surface area is 127 Å². The van der Waals surface area contributed by atoms with E-state index in [0.717, 1.165) is 0 Å². The quantitative estimate of drug-likeness (QED) is 0.839. The van der Waals surface area contributed by atoms with Gasteiger partial charge >= 0.3 is 0 Å². The first kappa shape index (κ1) is 15.3. The summed E-state index contributed by atoms with van der Waals surface area (Å²) in [5.74, 6) is -0.909. The second-order valence-corrected chi connectivity index (χ2v) is 6.88. The van der Waals surface area contributed by atoms with Gasteiger partial charge < -0.3 is 11.5 Å². The zero-order valence-electron chi connectivity index (χ0n) is 10.9. The summed E-state index contributed by atoms with van der Waals surface area (Å²) in [7, 11) is -3.67. The molecule has 0 fully saturated rings. The fourth-order valence-corrected chi connectivity index (χ4v) is 3.79. The molecule has 5 nitrogen and oxygen atoms in total. The highest BCUT2D eigenvalue weighted by Crippen LogP contribution is 2.26. The van der Waals surface area contributed by atoms with Gasteiger partial charge in [-0.15, -0.1) is 0 Å². The maximum atomic E-state index is 12.4. The lowest BCUT2D eigenvalue weighted by Gasteiger charge is -2.08. The van der Waals surface area contributed by atoms with Crippen molar-refractivity contribution >= 4 is 33.0 Å². The topological polar surface area (TPSA) is 103 Å². The van der Waals surface area contributed by atoms with E-state index in [0.29, 0.717) is 11.3 Å². The predicted octanol–water partition coefficient (Wildman–Crippen LogP) is 2.00. The van der Waals surface area contributed by atoms with Gasteiger partial charge in [0.1, 0.15) is 0 Å². The predicted molar refractivity (Wildman–Crippen MR) is 81.7 cm³/mol. The van der Waals surface area contributed by atoms with Crippen molar-refractivity contribution < 1.29 is 13.2 Å². The molecule has 0 unspecified atom stereocenters. The average molecular weight is 325 g/mol. The van der Waals surface area contributed by atoms with Crippen molar-refractivity contribution in [3.05, 3.63) is 58.6 Å². The lowest BCUT2D eigenvalue weighted by atomic mass is 10.1. The van der Waals surface area contributed by atoms with Crippen LogP contribution in [0.1, 0.15) is 15.9 Å². The number of hydrogen-bond donors (Lipinski definition) is 2. The highest BCUT2D eigenvalue weighted by atomic mass is 35.5. The van der Waals surface area contributed by atoms with E-state index in [2.05, 4.69) is 0 Å². The van der Waals surface area contributed by atoms with Crippen molar-refractivity contribution in [3.8, 4) is 0 Å². The van der Waals surface area contributed by atoms with Gasteiger partial charge in [0.2, 0.25) is 5.91 Å². The maximum Gasteiger partial charge on any atom is 0.248 e. The van der Waals surface area contributed by atoms with Gasteiger partial charge in [0, 0.05) is 11.3 Å². The van der Waals surface area contributed by atoms with Crippen LogP contribution < -0.4 is 11.5 Å². The summed E-state index contributed by atoms with van der Waals surface area (Å²) in [6, 6.07) is 10.4. The fraction of sp³-hybridized carbons (Fsp3) is 0.0714. The summed E-state index contributed by atoms with van der Waals surface area (Å²) in [6.07, 6.45) is 0. The number of benzene rings is 2. The molecule has 2 aromatic carbocycles. The standard InChI is InChI=1S/C14H13ClN2O3S/c15-12-5-4-11(16)7-13(12)21(19,20)8-9-2-1-3-10(6-9)14(17)18/h1-7H,8,16H2,(H2,17,18). The Morgan fingerprint density at radius 1 is 1.14 bits per heavy atom. The zero-order valence-corrected chi connectivity index (χ0v) is 12.5. The van der Waals surface area contributed by atoms with Crippen molar-refractivity contribution in [1.82, 2.24) is 0 Å². The molecule has 2 rings (SSSR count). The van der Waals surface area contributed by atoms with Gasteiger partial charge in [0.25, 0.3) is 0 Å². The van der Waals surface area contributed by atoms with E-state index >= 15 is 0 Å². The van der Waals surface area contributed by atoms with Gasteiger partial charge in [-0.25, -0.2) is 8.42 Å². The second kappa shape index (κ2) is 5.75. The van der Waals surface area contributed by atoms with E-state index < -0.39 is 15.7 Å². The number of rotatable bonds is 4. The number of hydrogen-bond acceptors (Lipinski definition) is 4. The van der Waals surface area contributed by atoms with Gasteiger partial charge in [-0.3, -0.25) is 4.79 Å². The molecule has 0 aliphatic carbocycles. The summed E-state index contributed by atoms with van der Waals surface area (Å²) in [6.45, 7) is 0. The molecule has 4 N–H and O–H groups in total. The van der Waals surface area contributed by atoms with E-state index in [9.17, 15) is 13.2 Å². The lowest BCUT2D eigenvalue weighted by Crippen LogP contribution is -2.12. The highest BCUT2D eigenvalue weighted by molar-refractivity contribution is 7.90. The zero-order chi connectivity index (χ0) is 15.6. The Balaban J connectivity index is 2.40. The Kier molecular flexibility index (Phi) is 4.20. The molecule has 0 radical (unpaired) electrons. The Morgan fingerprint density at radius 3 is 2.52 bits per heavy atom. The van der Waals surface area contributed by atoms with Gasteiger partial charge in [0.15, 0.2) is 9.84 Å². The van der Waals surface area contributed by atoms with Crippen LogP contribution in [0.3, 0.4) is 0 Å². The maximum absolute atomic E-state index is 12.4. The number of carbonyl (C=O) groups excluding carboxylic acids is 1. The summed E-state index contributed by atoms with van der Waals surface area (Å²) in [5.41, 5.74) is 11.8. The number of primary amides is 1. The molecule has 0 saturated carbocycles. The molecule has 1 amide bonds. The Hall–Kier alpha value is -2.05. The molecule has 0 aromatic heterocycles.